The van der Waals surface area contributed by atoms with Crippen molar-refractivity contribution < 1.29 is 18.7 Å². The van der Waals surface area contributed by atoms with E-state index in [2.05, 4.69) is 19.9 Å². The van der Waals surface area contributed by atoms with E-state index in [1.54, 1.807) is 0 Å². The molecule has 1 aromatic rings. The lowest BCUT2D eigenvalue weighted by Gasteiger charge is -2.57. The molecule has 2 saturated carbocycles. The van der Waals surface area contributed by atoms with Gasteiger partial charge in [0.1, 0.15) is 11.9 Å². The summed E-state index contributed by atoms with van der Waals surface area (Å²) in [6.07, 6.45) is 7.61. The number of methoxy groups -OCH3 is 1. The van der Waals surface area contributed by atoms with E-state index >= 15 is 0 Å². The molecular formula is C21H28O4. The average molecular weight is 344 g/mol. The van der Waals surface area contributed by atoms with Crippen molar-refractivity contribution in [1.29, 1.82) is 0 Å². The molecule has 5 rings (SSSR count). The van der Waals surface area contributed by atoms with Crippen molar-refractivity contribution in [3.05, 3.63) is 23.7 Å². The van der Waals surface area contributed by atoms with E-state index in [4.69, 9.17) is 13.9 Å². The summed E-state index contributed by atoms with van der Waals surface area (Å²) in [6.45, 7) is 4.59. The fourth-order valence-corrected chi connectivity index (χ4v) is 7.32. The normalized spacial score (nSPS) is 47.6. The van der Waals surface area contributed by atoms with Crippen molar-refractivity contribution >= 4 is 5.97 Å². The first kappa shape index (κ1) is 15.9. The van der Waals surface area contributed by atoms with Gasteiger partial charge in [0.15, 0.2) is 0 Å². The maximum atomic E-state index is 12.5. The third kappa shape index (κ3) is 1.84. The molecule has 1 aliphatic heterocycles. The Morgan fingerprint density at radius 1 is 1.28 bits per heavy atom. The number of rotatable bonds is 1. The van der Waals surface area contributed by atoms with Crippen molar-refractivity contribution in [2.75, 3.05) is 7.11 Å². The summed E-state index contributed by atoms with van der Waals surface area (Å²) in [5, 5.41) is 0. The van der Waals surface area contributed by atoms with Crippen LogP contribution in [-0.4, -0.2) is 19.2 Å². The van der Waals surface area contributed by atoms with Crippen LogP contribution in [0.2, 0.25) is 0 Å². The topological polar surface area (TPSA) is 48.7 Å². The number of esters is 1. The van der Waals surface area contributed by atoms with Crippen molar-refractivity contribution in [2.24, 2.45) is 29.1 Å². The fraction of sp³-hybridized carbons (Fsp3) is 0.762. The maximum absolute atomic E-state index is 12.5. The summed E-state index contributed by atoms with van der Waals surface area (Å²) in [6, 6.07) is 2.14. The molecule has 0 amide bonds. The number of ether oxygens (including phenoxy) is 2. The van der Waals surface area contributed by atoms with E-state index in [-0.39, 0.29) is 29.5 Å². The fourth-order valence-electron chi connectivity index (χ4n) is 7.32. The smallest absolute Gasteiger partial charge is 0.308 e. The number of hydrogen-bond acceptors (Lipinski definition) is 4. The number of carbonyl (C=O) groups is 1. The lowest BCUT2D eigenvalue weighted by molar-refractivity contribution is -0.159. The molecule has 0 bridgehead atoms. The van der Waals surface area contributed by atoms with Crippen molar-refractivity contribution in [3.63, 3.8) is 0 Å². The number of hydrogen-bond donors (Lipinski definition) is 0. The minimum atomic E-state index is -0.0132. The van der Waals surface area contributed by atoms with Gasteiger partial charge < -0.3 is 13.9 Å². The summed E-state index contributed by atoms with van der Waals surface area (Å²) in [5.41, 5.74) is 1.44. The number of furan rings is 1. The highest BCUT2D eigenvalue weighted by Crippen LogP contribution is 2.71. The summed E-state index contributed by atoms with van der Waals surface area (Å²) in [7, 11) is 1.53. The predicted molar refractivity (Wildman–Crippen MR) is 91.9 cm³/mol. The molecule has 1 aromatic heterocycles. The van der Waals surface area contributed by atoms with Gasteiger partial charge in [0.25, 0.3) is 0 Å². The van der Waals surface area contributed by atoms with Crippen molar-refractivity contribution in [2.45, 2.75) is 64.1 Å². The van der Waals surface area contributed by atoms with Crippen LogP contribution >= 0.6 is 0 Å². The molecule has 0 radical (unpaired) electrons. The molecule has 1 spiro atoms. The summed E-state index contributed by atoms with van der Waals surface area (Å²) < 4.78 is 17.7. The minimum absolute atomic E-state index is 0.0132. The van der Waals surface area contributed by atoms with Gasteiger partial charge in [-0.3, -0.25) is 4.79 Å². The highest BCUT2D eigenvalue weighted by atomic mass is 16.5. The maximum Gasteiger partial charge on any atom is 0.308 e. The van der Waals surface area contributed by atoms with Crippen LogP contribution in [0.25, 0.3) is 0 Å². The van der Waals surface area contributed by atoms with E-state index < -0.39 is 0 Å². The molecule has 4 aliphatic rings. The van der Waals surface area contributed by atoms with Gasteiger partial charge in [0, 0.05) is 11.3 Å². The van der Waals surface area contributed by atoms with E-state index in [0.29, 0.717) is 23.7 Å². The molecule has 3 aliphatic carbocycles. The second-order valence-corrected chi connectivity index (χ2v) is 8.74. The Balaban J connectivity index is 1.63. The van der Waals surface area contributed by atoms with Crippen LogP contribution in [0.15, 0.2) is 16.7 Å². The number of carbonyl (C=O) groups excluding carboxylic acids is 1. The van der Waals surface area contributed by atoms with E-state index in [9.17, 15) is 4.79 Å². The van der Waals surface area contributed by atoms with Crippen LogP contribution in [-0.2, 0) is 14.3 Å². The van der Waals surface area contributed by atoms with E-state index in [1.165, 1.54) is 25.5 Å². The molecule has 2 heterocycles. The third-order valence-corrected chi connectivity index (χ3v) is 8.25. The first-order valence-corrected chi connectivity index (χ1v) is 9.90. The highest BCUT2D eigenvalue weighted by Gasteiger charge is 2.68. The molecule has 3 fully saturated rings. The molecule has 4 heteroatoms. The van der Waals surface area contributed by atoms with Gasteiger partial charge in [0.2, 0.25) is 0 Å². The van der Waals surface area contributed by atoms with Crippen LogP contribution in [0.5, 0.6) is 0 Å². The molecule has 136 valence electrons. The highest BCUT2D eigenvalue weighted by molar-refractivity contribution is 5.73. The molecule has 25 heavy (non-hydrogen) atoms. The molecule has 0 aromatic carbocycles. The zero-order chi connectivity index (χ0) is 17.3. The lowest BCUT2D eigenvalue weighted by atomic mass is 9.45. The Morgan fingerprint density at radius 2 is 2.12 bits per heavy atom. The first-order valence-electron chi connectivity index (χ1n) is 9.90. The molecule has 4 nitrogen and oxygen atoms in total. The Labute approximate surface area is 149 Å². The standard InChI is InChI=1S/C21H28O4/c1-11-13-6-7-16-15(20(22)23-3)5-4-9-21(16)12(2)25-19(17(13)21)18-14(11)8-10-24-18/h8,10-13,15-17,19H,4-7,9H2,1-3H3/t11-,12-,13+,15-,16+,17-,19-,21-/m1/s1. The minimum Gasteiger partial charge on any atom is -0.469 e. The lowest BCUT2D eigenvalue weighted by Crippen LogP contribution is -2.55. The quantitative estimate of drug-likeness (QED) is 0.706. The molecular weight excluding hydrogens is 316 g/mol. The van der Waals surface area contributed by atoms with Gasteiger partial charge in [-0.15, -0.1) is 0 Å². The average Bonchev–Trinajstić information content (AvgIpc) is 3.22. The zero-order valence-corrected chi connectivity index (χ0v) is 15.4. The largest absolute Gasteiger partial charge is 0.469 e. The Morgan fingerprint density at radius 3 is 2.92 bits per heavy atom. The summed E-state index contributed by atoms with van der Waals surface area (Å²) in [4.78, 5) is 12.5. The van der Waals surface area contributed by atoms with Crippen LogP contribution in [0.4, 0.5) is 0 Å². The van der Waals surface area contributed by atoms with E-state index in [0.717, 1.165) is 25.0 Å². The molecule has 8 atom stereocenters. The molecule has 0 unspecified atom stereocenters. The van der Waals surface area contributed by atoms with Crippen LogP contribution in [0, 0.1) is 29.1 Å². The zero-order valence-electron chi connectivity index (χ0n) is 15.4. The van der Waals surface area contributed by atoms with Gasteiger partial charge in [-0.05, 0) is 62.0 Å². The summed E-state index contributed by atoms with van der Waals surface area (Å²) in [5.74, 6) is 3.09. The van der Waals surface area contributed by atoms with Crippen molar-refractivity contribution in [3.8, 4) is 0 Å². The second-order valence-electron chi connectivity index (χ2n) is 8.74. The van der Waals surface area contributed by atoms with Gasteiger partial charge >= 0.3 is 5.97 Å². The predicted octanol–water partition coefficient (Wildman–Crippen LogP) is 4.46. The Bertz CT molecular complexity index is 694. The van der Waals surface area contributed by atoms with Gasteiger partial charge in [0.05, 0.1) is 25.4 Å². The third-order valence-electron chi connectivity index (χ3n) is 8.25. The van der Waals surface area contributed by atoms with Crippen LogP contribution < -0.4 is 0 Å². The van der Waals surface area contributed by atoms with Crippen molar-refractivity contribution in [1.82, 2.24) is 0 Å². The summed E-state index contributed by atoms with van der Waals surface area (Å²) >= 11 is 0. The van der Waals surface area contributed by atoms with E-state index in [1.807, 2.05) is 6.26 Å². The molecule has 0 N–H and O–H groups in total. The Hall–Kier alpha value is -1.29. The SMILES string of the molecule is COC(=O)[C@@H]1CCC[C@]23[C@@H]4[C@@H](CC[C@@H]12)[C@@H](C)c1ccoc1[C@@H]4O[C@@H]3C. The first-order chi connectivity index (χ1) is 12.1. The van der Waals surface area contributed by atoms with Gasteiger partial charge in [-0.2, -0.15) is 0 Å². The Kier molecular flexibility index (Phi) is 3.41. The second kappa shape index (κ2) is 5.35. The van der Waals surface area contributed by atoms with Crippen LogP contribution in [0.3, 0.4) is 0 Å². The number of fused-ring (bicyclic) bond motifs is 2. The molecule has 1 saturated heterocycles. The van der Waals surface area contributed by atoms with Gasteiger partial charge in [-0.1, -0.05) is 13.3 Å². The van der Waals surface area contributed by atoms with Gasteiger partial charge in [-0.25, -0.2) is 0 Å². The monoisotopic (exact) mass is 344 g/mol. The van der Waals surface area contributed by atoms with Crippen LogP contribution in [0.1, 0.15) is 69.3 Å².